The van der Waals surface area contributed by atoms with E-state index in [0.717, 1.165) is 6.54 Å². The Labute approximate surface area is 180 Å². The first-order valence-corrected chi connectivity index (χ1v) is 10.6. The van der Waals surface area contributed by atoms with Crippen LogP contribution >= 0.6 is 0 Å². The summed E-state index contributed by atoms with van der Waals surface area (Å²) >= 11 is 0. The molecule has 0 saturated carbocycles. The maximum Gasteiger partial charge on any atom is 0.407 e. The van der Waals surface area contributed by atoms with E-state index in [4.69, 9.17) is 9.47 Å². The first-order chi connectivity index (χ1) is 14.7. The van der Waals surface area contributed by atoms with Crippen LogP contribution in [0.15, 0.2) is 23.1 Å². The molecule has 2 aromatic rings. The normalized spacial score (nSPS) is 23.8. The molecule has 0 aliphatic carbocycles. The van der Waals surface area contributed by atoms with Crippen molar-refractivity contribution in [2.75, 3.05) is 26.7 Å². The molecule has 1 fully saturated rings. The molecule has 1 N–H and O–H groups in total. The van der Waals surface area contributed by atoms with Crippen LogP contribution in [0.5, 0.6) is 0 Å². The molecule has 2 aliphatic heterocycles. The number of pyridine rings is 2. The number of methoxy groups -OCH3 is 1. The van der Waals surface area contributed by atoms with Crippen LogP contribution in [0.25, 0.3) is 11.0 Å². The Balaban J connectivity index is 1.45. The summed E-state index contributed by atoms with van der Waals surface area (Å²) < 4.78 is 27.3. The Morgan fingerprint density at radius 2 is 2.10 bits per heavy atom. The van der Waals surface area contributed by atoms with Crippen molar-refractivity contribution in [2.24, 2.45) is 0 Å². The summed E-state index contributed by atoms with van der Waals surface area (Å²) in [5.41, 5.74) is 1.09. The minimum Gasteiger partial charge on any atom is -0.444 e. The van der Waals surface area contributed by atoms with E-state index in [1.54, 1.807) is 17.7 Å². The summed E-state index contributed by atoms with van der Waals surface area (Å²) in [5.74, 6) is -0.521. The molecule has 31 heavy (non-hydrogen) atoms. The Hall–Kier alpha value is -2.52. The van der Waals surface area contributed by atoms with Crippen molar-refractivity contribution >= 4 is 17.1 Å². The van der Waals surface area contributed by atoms with Crippen LogP contribution in [0.4, 0.5) is 9.18 Å². The number of carbonyl (C=O) groups excluding carboxylic acids is 1. The third-order valence-electron chi connectivity index (χ3n) is 5.93. The Kier molecular flexibility index (Phi) is 5.74. The highest BCUT2D eigenvalue weighted by Gasteiger charge is 2.35. The fraction of sp³-hybridized carbons (Fsp3) is 0.591. The number of nitrogens with one attached hydrogen (secondary N) is 1. The van der Waals surface area contributed by atoms with Crippen LogP contribution in [-0.2, 0) is 16.0 Å². The van der Waals surface area contributed by atoms with Gasteiger partial charge in [-0.1, -0.05) is 0 Å². The molecular formula is C22H29FN4O4. The molecule has 168 valence electrons. The third-order valence-corrected chi connectivity index (χ3v) is 5.93. The largest absolute Gasteiger partial charge is 0.444 e. The van der Waals surface area contributed by atoms with E-state index in [0.29, 0.717) is 42.7 Å². The van der Waals surface area contributed by atoms with Gasteiger partial charge in [-0.2, -0.15) is 0 Å². The van der Waals surface area contributed by atoms with Crippen LogP contribution in [0.3, 0.4) is 0 Å². The lowest BCUT2D eigenvalue weighted by atomic mass is 9.97. The zero-order chi connectivity index (χ0) is 22.3. The molecular weight excluding hydrogens is 403 g/mol. The van der Waals surface area contributed by atoms with Crippen LogP contribution in [-0.4, -0.2) is 65.0 Å². The summed E-state index contributed by atoms with van der Waals surface area (Å²) in [6.07, 6.45) is 1.25. The average molecular weight is 432 g/mol. The molecule has 9 heteroatoms. The maximum atomic E-state index is 14.7. The fourth-order valence-corrected chi connectivity index (χ4v) is 4.62. The number of hydrogen-bond donors (Lipinski definition) is 1. The van der Waals surface area contributed by atoms with E-state index >= 15 is 0 Å². The fourth-order valence-electron chi connectivity index (χ4n) is 4.62. The summed E-state index contributed by atoms with van der Waals surface area (Å²) in [6.45, 7) is 7.81. The summed E-state index contributed by atoms with van der Waals surface area (Å²) in [5, 5.41) is 2.91. The molecule has 0 radical (unpaired) electrons. The standard InChI is InChI=1S/C22H29FN4O4/c1-22(2,3)31-21(29)25-15-7-8-26(12-17(15)30-4)10-13-11-27-18(28)6-5-16-20(27)19(13)14(23)9-24-16/h5-6,9,13,15,17H,7-8,10-12H2,1-4H3,(H,25,29)/t13?,15-,17+/m0/s1. The van der Waals surface area contributed by atoms with Crippen LogP contribution < -0.4 is 10.9 Å². The summed E-state index contributed by atoms with van der Waals surface area (Å²) in [6, 6.07) is 2.96. The predicted octanol–water partition coefficient (Wildman–Crippen LogP) is 2.25. The number of hydrogen-bond acceptors (Lipinski definition) is 6. The highest BCUT2D eigenvalue weighted by Crippen LogP contribution is 2.34. The Bertz CT molecular complexity index is 1050. The number of likely N-dealkylation sites (tertiary alicyclic amines) is 1. The molecule has 1 unspecified atom stereocenters. The average Bonchev–Trinajstić information content (AvgIpc) is 3.07. The number of aromatic nitrogens is 2. The van der Waals surface area contributed by atoms with Gasteiger partial charge in [0.1, 0.15) is 11.4 Å². The SMILES string of the molecule is CO[C@@H]1CN(CC2Cn3c(=O)ccc4ncc(F)c2c43)CC[C@@H]1NC(=O)OC(C)(C)C. The number of nitrogens with zero attached hydrogens (tertiary/aromatic N) is 3. The van der Waals surface area contributed by atoms with Crippen molar-refractivity contribution in [3.05, 3.63) is 40.1 Å². The molecule has 0 aromatic carbocycles. The van der Waals surface area contributed by atoms with Crippen molar-refractivity contribution in [3.8, 4) is 0 Å². The van der Waals surface area contributed by atoms with Crippen molar-refractivity contribution in [1.29, 1.82) is 0 Å². The van der Waals surface area contributed by atoms with Gasteiger partial charge < -0.3 is 19.4 Å². The molecule has 0 bridgehead atoms. The van der Waals surface area contributed by atoms with Gasteiger partial charge in [-0.3, -0.25) is 14.7 Å². The quantitative estimate of drug-likeness (QED) is 0.798. The second kappa shape index (κ2) is 8.20. The van der Waals surface area contributed by atoms with E-state index in [1.165, 1.54) is 12.3 Å². The highest BCUT2D eigenvalue weighted by atomic mass is 19.1. The number of carbonyl (C=O) groups is 1. The zero-order valence-electron chi connectivity index (χ0n) is 18.4. The number of ether oxygens (including phenoxy) is 2. The van der Waals surface area contributed by atoms with Gasteiger partial charge in [0.2, 0.25) is 0 Å². The molecule has 2 aliphatic rings. The number of amides is 1. The van der Waals surface area contributed by atoms with Gasteiger partial charge in [0.25, 0.3) is 5.56 Å². The van der Waals surface area contributed by atoms with Gasteiger partial charge in [-0.05, 0) is 33.3 Å². The topological polar surface area (TPSA) is 85.7 Å². The Morgan fingerprint density at radius 3 is 2.81 bits per heavy atom. The summed E-state index contributed by atoms with van der Waals surface area (Å²) in [4.78, 5) is 30.8. The number of halogens is 1. The van der Waals surface area contributed by atoms with E-state index in [2.05, 4.69) is 15.2 Å². The lowest BCUT2D eigenvalue weighted by Gasteiger charge is -2.39. The van der Waals surface area contributed by atoms with Gasteiger partial charge in [-0.25, -0.2) is 9.18 Å². The van der Waals surface area contributed by atoms with Crippen LogP contribution in [0, 0.1) is 5.82 Å². The monoisotopic (exact) mass is 432 g/mol. The highest BCUT2D eigenvalue weighted by molar-refractivity contribution is 5.80. The van der Waals surface area contributed by atoms with Gasteiger partial charge in [0.05, 0.1) is 29.4 Å². The number of rotatable bonds is 4. The van der Waals surface area contributed by atoms with Crippen molar-refractivity contribution in [3.63, 3.8) is 0 Å². The van der Waals surface area contributed by atoms with Crippen molar-refractivity contribution in [2.45, 2.75) is 57.4 Å². The number of piperidine rings is 1. The van der Waals surface area contributed by atoms with E-state index in [1.807, 2.05) is 20.8 Å². The predicted molar refractivity (Wildman–Crippen MR) is 114 cm³/mol. The van der Waals surface area contributed by atoms with Crippen LogP contribution in [0.2, 0.25) is 0 Å². The summed E-state index contributed by atoms with van der Waals surface area (Å²) in [7, 11) is 1.62. The molecule has 1 amide bonds. The first kappa shape index (κ1) is 21.7. The molecule has 4 rings (SSSR count). The van der Waals surface area contributed by atoms with Gasteiger partial charge >= 0.3 is 6.09 Å². The zero-order valence-corrected chi connectivity index (χ0v) is 18.4. The molecule has 8 nitrogen and oxygen atoms in total. The maximum absolute atomic E-state index is 14.7. The molecule has 4 heterocycles. The van der Waals surface area contributed by atoms with Crippen LogP contribution in [0.1, 0.15) is 38.7 Å². The molecule has 1 saturated heterocycles. The first-order valence-electron chi connectivity index (χ1n) is 10.6. The van der Waals surface area contributed by atoms with Crippen molar-refractivity contribution in [1.82, 2.24) is 19.8 Å². The van der Waals surface area contributed by atoms with Gasteiger partial charge in [-0.15, -0.1) is 0 Å². The smallest absolute Gasteiger partial charge is 0.407 e. The van der Waals surface area contributed by atoms with E-state index < -0.39 is 11.7 Å². The molecule has 3 atom stereocenters. The minimum atomic E-state index is -0.567. The van der Waals surface area contributed by atoms with Gasteiger partial charge in [0.15, 0.2) is 0 Å². The molecule has 0 spiro atoms. The molecule has 2 aromatic heterocycles. The second-order valence-corrected chi connectivity index (χ2v) is 9.31. The second-order valence-electron chi connectivity index (χ2n) is 9.31. The van der Waals surface area contributed by atoms with Crippen molar-refractivity contribution < 1.29 is 18.7 Å². The van der Waals surface area contributed by atoms with E-state index in [-0.39, 0.29) is 29.4 Å². The van der Waals surface area contributed by atoms with Gasteiger partial charge in [0, 0.05) is 50.8 Å². The number of alkyl carbamates (subject to hydrolysis) is 1. The van der Waals surface area contributed by atoms with E-state index in [9.17, 15) is 14.0 Å². The Morgan fingerprint density at radius 1 is 1.32 bits per heavy atom. The minimum absolute atomic E-state index is 0.140. The third kappa shape index (κ3) is 4.43. The lowest BCUT2D eigenvalue weighted by Crippen LogP contribution is -2.55. The lowest BCUT2D eigenvalue weighted by molar-refractivity contribution is -0.00398.